The van der Waals surface area contributed by atoms with Gasteiger partial charge in [0, 0.05) is 26.2 Å². The van der Waals surface area contributed by atoms with Gasteiger partial charge in [-0.2, -0.15) is 13.2 Å². The van der Waals surface area contributed by atoms with E-state index in [-0.39, 0.29) is 17.5 Å². The lowest BCUT2D eigenvalue weighted by Crippen LogP contribution is -2.34. The van der Waals surface area contributed by atoms with Crippen LogP contribution in [0.3, 0.4) is 0 Å². The molecule has 168 valence electrons. The molecule has 0 saturated carbocycles. The maximum absolute atomic E-state index is 13.0. The van der Waals surface area contributed by atoms with Gasteiger partial charge in [0.25, 0.3) is 11.8 Å². The number of nitrogens with one attached hydrogen (secondary N) is 1. The Kier molecular flexibility index (Phi) is 6.36. The molecule has 4 nitrogen and oxygen atoms in total. The van der Waals surface area contributed by atoms with E-state index < -0.39 is 30.1 Å². The molecular weight excluding hydrogens is 417 g/mol. The van der Waals surface area contributed by atoms with Crippen LogP contribution in [0.1, 0.15) is 59.6 Å². The van der Waals surface area contributed by atoms with Crippen molar-refractivity contribution in [2.45, 2.75) is 52.0 Å². The van der Waals surface area contributed by atoms with Crippen LogP contribution in [0.15, 0.2) is 36.5 Å². The van der Waals surface area contributed by atoms with Crippen molar-refractivity contribution >= 4 is 5.91 Å². The zero-order valence-corrected chi connectivity index (χ0v) is 17.4. The van der Waals surface area contributed by atoms with Gasteiger partial charge >= 0.3 is 6.18 Å². The second-order valence-electron chi connectivity index (χ2n) is 8.31. The van der Waals surface area contributed by atoms with Crippen molar-refractivity contribution in [2.24, 2.45) is 5.92 Å². The summed E-state index contributed by atoms with van der Waals surface area (Å²) in [6.07, 6.45) is -3.01. The SMILES string of the molecule is CC(C)[C@H]1c2ncc(C(=O)NCC(C)(F)F)cc2CN1Cc1ccc(C(F)(F)F)cc1. The number of hydrogen-bond acceptors (Lipinski definition) is 3. The van der Waals surface area contributed by atoms with E-state index in [9.17, 15) is 26.7 Å². The molecule has 1 N–H and O–H groups in total. The molecule has 3 rings (SSSR count). The Morgan fingerprint density at radius 2 is 1.84 bits per heavy atom. The summed E-state index contributed by atoms with van der Waals surface area (Å²) in [5, 5.41) is 2.20. The molecule has 0 radical (unpaired) electrons. The van der Waals surface area contributed by atoms with Gasteiger partial charge in [0.1, 0.15) is 0 Å². The quantitative estimate of drug-likeness (QED) is 0.627. The predicted molar refractivity (Wildman–Crippen MR) is 105 cm³/mol. The summed E-state index contributed by atoms with van der Waals surface area (Å²) in [6.45, 7) is 4.87. The number of amides is 1. The van der Waals surface area contributed by atoms with Crippen molar-refractivity contribution < 1.29 is 26.7 Å². The van der Waals surface area contributed by atoms with Gasteiger partial charge in [0.2, 0.25) is 0 Å². The minimum Gasteiger partial charge on any atom is -0.346 e. The number of fused-ring (bicyclic) bond motifs is 1. The van der Waals surface area contributed by atoms with E-state index >= 15 is 0 Å². The van der Waals surface area contributed by atoms with Gasteiger partial charge in [0.05, 0.1) is 29.4 Å². The topological polar surface area (TPSA) is 45.2 Å². The first-order valence-electron chi connectivity index (χ1n) is 9.90. The van der Waals surface area contributed by atoms with Gasteiger partial charge in [-0.15, -0.1) is 0 Å². The number of carbonyl (C=O) groups excluding carboxylic acids is 1. The van der Waals surface area contributed by atoms with Crippen molar-refractivity contribution in [2.75, 3.05) is 6.54 Å². The fourth-order valence-electron chi connectivity index (χ4n) is 3.79. The standard InChI is InChI=1S/C22H24F5N3O/c1-13(2)19-18-16(8-15(9-28-18)20(31)29-12-21(3,23)24)11-30(19)10-14-4-6-17(7-5-14)22(25,26)27/h4-9,13,19H,10-12H2,1-3H3,(H,29,31)/t19-/m0/s1. The summed E-state index contributed by atoms with van der Waals surface area (Å²) < 4.78 is 64.4. The number of halogens is 5. The number of nitrogens with zero attached hydrogens (tertiary/aromatic N) is 2. The van der Waals surface area contributed by atoms with Crippen molar-refractivity contribution in [1.29, 1.82) is 0 Å². The number of alkyl halides is 5. The highest BCUT2D eigenvalue weighted by atomic mass is 19.4. The summed E-state index contributed by atoms with van der Waals surface area (Å²) in [4.78, 5) is 18.7. The van der Waals surface area contributed by atoms with Gasteiger partial charge in [-0.3, -0.25) is 14.7 Å². The zero-order chi connectivity index (χ0) is 23.0. The summed E-state index contributed by atoms with van der Waals surface area (Å²) >= 11 is 0. The fourth-order valence-corrected chi connectivity index (χ4v) is 3.79. The monoisotopic (exact) mass is 441 g/mol. The molecule has 0 fully saturated rings. The maximum Gasteiger partial charge on any atom is 0.416 e. The van der Waals surface area contributed by atoms with Crippen LogP contribution in [-0.2, 0) is 19.3 Å². The first-order chi connectivity index (χ1) is 14.3. The predicted octanol–water partition coefficient (Wildman–Crippen LogP) is 5.20. The fraction of sp³-hybridized carbons (Fsp3) is 0.455. The largest absolute Gasteiger partial charge is 0.416 e. The summed E-state index contributed by atoms with van der Waals surface area (Å²) in [5.74, 6) is -3.47. The average molecular weight is 441 g/mol. The molecule has 2 heterocycles. The zero-order valence-electron chi connectivity index (χ0n) is 17.4. The molecule has 1 amide bonds. The molecule has 0 aliphatic carbocycles. The lowest BCUT2D eigenvalue weighted by Gasteiger charge is -2.27. The van der Waals surface area contributed by atoms with E-state index in [0.717, 1.165) is 35.9 Å². The molecule has 1 aliphatic rings. The second-order valence-corrected chi connectivity index (χ2v) is 8.31. The first-order valence-corrected chi connectivity index (χ1v) is 9.90. The highest BCUT2D eigenvalue weighted by Crippen LogP contribution is 2.39. The average Bonchev–Trinajstić information content (AvgIpc) is 3.02. The van der Waals surface area contributed by atoms with Gasteiger partial charge in [0.15, 0.2) is 0 Å². The maximum atomic E-state index is 13.0. The van der Waals surface area contributed by atoms with Crippen molar-refractivity contribution in [3.63, 3.8) is 0 Å². The van der Waals surface area contributed by atoms with Crippen molar-refractivity contribution in [1.82, 2.24) is 15.2 Å². The Morgan fingerprint density at radius 3 is 2.39 bits per heavy atom. The third kappa shape index (κ3) is 5.58. The van der Waals surface area contributed by atoms with Crippen LogP contribution >= 0.6 is 0 Å². The lowest BCUT2D eigenvalue weighted by atomic mass is 9.99. The third-order valence-corrected chi connectivity index (χ3v) is 5.17. The van der Waals surface area contributed by atoms with Crippen molar-refractivity contribution in [3.05, 3.63) is 64.5 Å². The van der Waals surface area contributed by atoms with E-state index in [1.807, 2.05) is 13.8 Å². The van der Waals surface area contributed by atoms with Crippen LogP contribution in [-0.4, -0.2) is 28.3 Å². The van der Waals surface area contributed by atoms with Gasteiger partial charge < -0.3 is 5.32 Å². The Hall–Kier alpha value is -2.55. The lowest BCUT2D eigenvalue weighted by molar-refractivity contribution is -0.137. The molecule has 1 atom stereocenters. The Labute approximate surface area is 177 Å². The van der Waals surface area contributed by atoms with Crippen LogP contribution in [0.4, 0.5) is 22.0 Å². The molecule has 0 bridgehead atoms. The second kappa shape index (κ2) is 8.53. The summed E-state index contributed by atoms with van der Waals surface area (Å²) in [5.41, 5.74) is 1.83. The Morgan fingerprint density at radius 1 is 1.19 bits per heavy atom. The first kappa shape index (κ1) is 23.1. The van der Waals surface area contributed by atoms with E-state index in [1.165, 1.54) is 18.3 Å². The number of aromatic nitrogens is 1. The van der Waals surface area contributed by atoms with E-state index in [1.54, 1.807) is 6.07 Å². The molecular formula is C22H24F5N3O. The normalized spacial score (nSPS) is 17.1. The van der Waals surface area contributed by atoms with Crippen molar-refractivity contribution in [3.8, 4) is 0 Å². The van der Waals surface area contributed by atoms with Crippen LogP contribution in [0.25, 0.3) is 0 Å². The number of hydrogen-bond donors (Lipinski definition) is 1. The van der Waals surface area contributed by atoms with Crippen LogP contribution in [0.2, 0.25) is 0 Å². The molecule has 9 heteroatoms. The number of rotatable bonds is 6. The molecule has 31 heavy (non-hydrogen) atoms. The molecule has 0 spiro atoms. The van der Waals surface area contributed by atoms with Gasteiger partial charge in [-0.25, -0.2) is 8.78 Å². The number of carbonyl (C=O) groups is 1. The summed E-state index contributed by atoms with van der Waals surface area (Å²) in [7, 11) is 0. The number of pyridine rings is 1. The van der Waals surface area contributed by atoms with Crippen LogP contribution < -0.4 is 5.32 Å². The minimum atomic E-state index is -4.38. The molecule has 2 aromatic rings. The molecule has 0 unspecified atom stereocenters. The highest BCUT2D eigenvalue weighted by Gasteiger charge is 2.35. The highest BCUT2D eigenvalue weighted by molar-refractivity contribution is 5.94. The molecule has 1 aromatic carbocycles. The summed E-state index contributed by atoms with van der Waals surface area (Å²) in [6, 6.07) is 6.61. The third-order valence-electron chi connectivity index (χ3n) is 5.17. The smallest absolute Gasteiger partial charge is 0.346 e. The van der Waals surface area contributed by atoms with E-state index in [0.29, 0.717) is 13.1 Å². The number of benzene rings is 1. The molecule has 1 aliphatic heterocycles. The molecule has 0 saturated heterocycles. The van der Waals surface area contributed by atoms with Crippen LogP contribution in [0, 0.1) is 5.92 Å². The Balaban J connectivity index is 1.78. The van der Waals surface area contributed by atoms with Gasteiger partial charge in [-0.05, 0) is 35.2 Å². The minimum absolute atomic E-state index is 0.0746. The Bertz CT molecular complexity index is 936. The molecule has 1 aromatic heterocycles. The van der Waals surface area contributed by atoms with E-state index in [2.05, 4.69) is 15.2 Å². The van der Waals surface area contributed by atoms with Gasteiger partial charge in [-0.1, -0.05) is 26.0 Å². The van der Waals surface area contributed by atoms with E-state index in [4.69, 9.17) is 0 Å². The van der Waals surface area contributed by atoms with Crippen LogP contribution in [0.5, 0.6) is 0 Å².